The molecule has 0 aliphatic carbocycles. The second-order valence-corrected chi connectivity index (χ2v) is 4.27. The lowest BCUT2D eigenvalue weighted by molar-refractivity contribution is -0.0578. The van der Waals surface area contributed by atoms with E-state index in [-0.39, 0.29) is 6.10 Å². The largest absolute Gasteiger partial charge is 0.374 e. The maximum atomic E-state index is 5.63. The SMILES string of the molecule is CC1COC(CN)CN1Cc1ncnn1C. The van der Waals surface area contributed by atoms with Crippen LogP contribution in [0.1, 0.15) is 12.7 Å². The number of aryl methyl sites for hydroxylation is 1. The highest BCUT2D eigenvalue weighted by Crippen LogP contribution is 2.13. The molecule has 0 spiro atoms. The molecule has 1 aromatic heterocycles. The Bertz CT molecular complexity index is 340. The summed E-state index contributed by atoms with van der Waals surface area (Å²) < 4.78 is 7.41. The summed E-state index contributed by atoms with van der Waals surface area (Å²) in [4.78, 5) is 6.57. The van der Waals surface area contributed by atoms with E-state index in [4.69, 9.17) is 10.5 Å². The van der Waals surface area contributed by atoms with Gasteiger partial charge in [-0.05, 0) is 6.92 Å². The average molecular weight is 225 g/mol. The summed E-state index contributed by atoms with van der Waals surface area (Å²) >= 11 is 0. The summed E-state index contributed by atoms with van der Waals surface area (Å²) in [7, 11) is 1.91. The molecule has 2 rings (SSSR count). The Kier molecular flexibility index (Phi) is 3.52. The van der Waals surface area contributed by atoms with Crippen LogP contribution in [-0.4, -0.2) is 51.5 Å². The molecule has 2 atom stereocenters. The van der Waals surface area contributed by atoms with Crippen LogP contribution in [0.15, 0.2) is 6.33 Å². The van der Waals surface area contributed by atoms with E-state index in [2.05, 4.69) is 21.9 Å². The van der Waals surface area contributed by atoms with E-state index in [0.717, 1.165) is 25.5 Å². The molecule has 0 aromatic carbocycles. The molecule has 2 unspecified atom stereocenters. The number of aromatic nitrogens is 3. The monoisotopic (exact) mass is 225 g/mol. The van der Waals surface area contributed by atoms with Crippen LogP contribution in [0.4, 0.5) is 0 Å². The van der Waals surface area contributed by atoms with Gasteiger partial charge in [0.2, 0.25) is 0 Å². The molecule has 0 saturated carbocycles. The highest BCUT2D eigenvalue weighted by molar-refractivity contribution is 4.87. The Morgan fingerprint density at radius 3 is 3.06 bits per heavy atom. The van der Waals surface area contributed by atoms with Crippen LogP contribution in [0.3, 0.4) is 0 Å². The molecule has 1 aliphatic heterocycles. The maximum absolute atomic E-state index is 5.63. The first-order valence-corrected chi connectivity index (χ1v) is 5.59. The molecule has 6 heteroatoms. The Hall–Kier alpha value is -0.980. The van der Waals surface area contributed by atoms with Crippen LogP contribution in [0.25, 0.3) is 0 Å². The predicted molar refractivity (Wildman–Crippen MR) is 59.7 cm³/mol. The third-order valence-corrected chi connectivity index (χ3v) is 3.05. The van der Waals surface area contributed by atoms with Crippen molar-refractivity contribution in [2.45, 2.75) is 25.6 Å². The number of morpholine rings is 1. The summed E-state index contributed by atoms with van der Waals surface area (Å²) in [5.41, 5.74) is 5.63. The van der Waals surface area contributed by atoms with Crippen molar-refractivity contribution in [3.8, 4) is 0 Å². The number of hydrogen-bond acceptors (Lipinski definition) is 5. The molecule has 16 heavy (non-hydrogen) atoms. The van der Waals surface area contributed by atoms with Gasteiger partial charge in [0.15, 0.2) is 0 Å². The van der Waals surface area contributed by atoms with Gasteiger partial charge in [0.25, 0.3) is 0 Å². The first-order valence-electron chi connectivity index (χ1n) is 5.59. The molecule has 90 valence electrons. The molecule has 0 amide bonds. The van der Waals surface area contributed by atoms with Gasteiger partial charge in [-0.2, -0.15) is 5.10 Å². The maximum Gasteiger partial charge on any atom is 0.140 e. The summed E-state index contributed by atoms with van der Waals surface area (Å²) in [6.45, 7) is 5.13. The normalized spacial score (nSPS) is 27.2. The highest BCUT2D eigenvalue weighted by atomic mass is 16.5. The lowest BCUT2D eigenvalue weighted by atomic mass is 10.2. The van der Waals surface area contributed by atoms with E-state index in [1.54, 1.807) is 11.0 Å². The van der Waals surface area contributed by atoms with Crippen molar-refractivity contribution in [1.29, 1.82) is 0 Å². The molecule has 1 aromatic rings. The fourth-order valence-corrected chi connectivity index (χ4v) is 1.88. The average Bonchev–Trinajstić information content (AvgIpc) is 2.68. The van der Waals surface area contributed by atoms with Gasteiger partial charge in [0, 0.05) is 26.2 Å². The van der Waals surface area contributed by atoms with Gasteiger partial charge >= 0.3 is 0 Å². The van der Waals surface area contributed by atoms with Crippen molar-refractivity contribution in [2.75, 3.05) is 19.7 Å². The Morgan fingerprint density at radius 2 is 2.44 bits per heavy atom. The molecule has 2 N–H and O–H groups in total. The molecule has 1 saturated heterocycles. The first kappa shape index (κ1) is 11.5. The Labute approximate surface area is 95.4 Å². The Balaban J connectivity index is 1.99. The molecule has 2 heterocycles. The second-order valence-electron chi connectivity index (χ2n) is 4.27. The molecule has 6 nitrogen and oxygen atoms in total. The molecule has 0 bridgehead atoms. The first-order chi connectivity index (χ1) is 7.70. The quantitative estimate of drug-likeness (QED) is 0.741. The van der Waals surface area contributed by atoms with Crippen molar-refractivity contribution in [3.05, 3.63) is 12.2 Å². The topological polar surface area (TPSA) is 69.2 Å². The number of rotatable bonds is 3. The zero-order chi connectivity index (χ0) is 11.5. The minimum atomic E-state index is 0.143. The van der Waals surface area contributed by atoms with Crippen molar-refractivity contribution < 1.29 is 4.74 Å². The lowest BCUT2D eigenvalue weighted by Gasteiger charge is -2.37. The summed E-state index contributed by atoms with van der Waals surface area (Å²) in [6, 6.07) is 0.402. The minimum Gasteiger partial charge on any atom is -0.374 e. The highest BCUT2D eigenvalue weighted by Gasteiger charge is 2.26. The number of hydrogen-bond donors (Lipinski definition) is 1. The van der Waals surface area contributed by atoms with E-state index in [1.807, 2.05) is 7.05 Å². The predicted octanol–water partition coefficient (Wildman–Crippen LogP) is -0.637. The third kappa shape index (κ3) is 2.40. The molecule has 1 aliphatic rings. The van der Waals surface area contributed by atoms with Crippen LogP contribution in [0, 0.1) is 0 Å². The zero-order valence-electron chi connectivity index (χ0n) is 9.83. The molecule has 1 fully saturated rings. The number of nitrogens with two attached hydrogens (primary N) is 1. The standard InChI is InChI=1S/C10H19N5O/c1-8-6-16-9(3-11)4-15(8)5-10-12-7-13-14(10)2/h7-9H,3-6,11H2,1-2H3. The van der Waals surface area contributed by atoms with Crippen molar-refractivity contribution in [2.24, 2.45) is 12.8 Å². The van der Waals surface area contributed by atoms with Gasteiger partial charge in [-0.1, -0.05) is 0 Å². The Morgan fingerprint density at radius 1 is 1.62 bits per heavy atom. The van der Waals surface area contributed by atoms with Gasteiger partial charge in [-0.3, -0.25) is 9.58 Å². The van der Waals surface area contributed by atoms with Crippen LogP contribution in [0.2, 0.25) is 0 Å². The van der Waals surface area contributed by atoms with Crippen molar-refractivity contribution >= 4 is 0 Å². The van der Waals surface area contributed by atoms with Crippen LogP contribution < -0.4 is 5.73 Å². The molecular formula is C10H19N5O. The third-order valence-electron chi connectivity index (χ3n) is 3.05. The van der Waals surface area contributed by atoms with Gasteiger partial charge in [0.05, 0.1) is 19.3 Å². The lowest BCUT2D eigenvalue weighted by Crippen LogP contribution is -2.50. The van der Waals surface area contributed by atoms with Crippen molar-refractivity contribution in [3.63, 3.8) is 0 Å². The molecule has 0 radical (unpaired) electrons. The second kappa shape index (κ2) is 4.90. The fourth-order valence-electron chi connectivity index (χ4n) is 1.88. The van der Waals surface area contributed by atoms with Gasteiger partial charge in [-0.15, -0.1) is 0 Å². The fraction of sp³-hybridized carbons (Fsp3) is 0.800. The van der Waals surface area contributed by atoms with Crippen LogP contribution in [-0.2, 0) is 18.3 Å². The summed E-state index contributed by atoms with van der Waals surface area (Å²) in [5, 5.41) is 4.07. The summed E-state index contributed by atoms with van der Waals surface area (Å²) in [5.74, 6) is 0.976. The number of ether oxygens (including phenoxy) is 1. The van der Waals surface area contributed by atoms with E-state index < -0.39 is 0 Å². The minimum absolute atomic E-state index is 0.143. The van der Waals surface area contributed by atoms with Crippen molar-refractivity contribution in [1.82, 2.24) is 19.7 Å². The van der Waals surface area contributed by atoms with Gasteiger partial charge < -0.3 is 10.5 Å². The van der Waals surface area contributed by atoms with E-state index in [9.17, 15) is 0 Å². The van der Waals surface area contributed by atoms with E-state index in [1.165, 1.54) is 0 Å². The van der Waals surface area contributed by atoms with Crippen LogP contribution >= 0.6 is 0 Å². The summed E-state index contributed by atoms with van der Waals surface area (Å²) in [6.07, 6.45) is 1.73. The molecular weight excluding hydrogens is 206 g/mol. The van der Waals surface area contributed by atoms with E-state index in [0.29, 0.717) is 12.6 Å². The van der Waals surface area contributed by atoms with Crippen LogP contribution in [0.5, 0.6) is 0 Å². The van der Waals surface area contributed by atoms with E-state index >= 15 is 0 Å². The smallest absolute Gasteiger partial charge is 0.140 e. The van der Waals surface area contributed by atoms with Gasteiger partial charge in [0.1, 0.15) is 12.2 Å². The zero-order valence-corrected chi connectivity index (χ0v) is 9.83. The van der Waals surface area contributed by atoms with Gasteiger partial charge in [-0.25, -0.2) is 4.98 Å². The number of nitrogens with zero attached hydrogens (tertiary/aromatic N) is 4.